The lowest BCUT2D eigenvalue weighted by Crippen LogP contribution is -2.39. The number of aromatic nitrogens is 2. The molecule has 1 unspecified atom stereocenters. The summed E-state index contributed by atoms with van der Waals surface area (Å²) in [7, 11) is 0. The molecule has 0 spiro atoms. The Balaban J connectivity index is 2.57. The van der Waals surface area contributed by atoms with Gasteiger partial charge in [-0.15, -0.1) is 0 Å². The van der Waals surface area contributed by atoms with Crippen LogP contribution in [0, 0.1) is 0 Å². The van der Waals surface area contributed by atoms with Crippen LogP contribution in [0.5, 0.6) is 0 Å². The van der Waals surface area contributed by atoms with Gasteiger partial charge in [0.25, 0.3) is 0 Å². The molecule has 0 aliphatic carbocycles. The zero-order chi connectivity index (χ0) is 15.2. The Bertz CT molecular complexity index is 379. The first-order valence-corrected chi connectivity index (χ1v) is 8.52. The maximum atomic E-state index is 5.67. The number of rotatable bonds is 8. The van der Waals surface area contributed by atoms with Crippen LogP contribution >= 0.6 is 11.8 Å². The molecule has 0 radical (unpaired) electrons. The van der Waals surface area contributed by atoms with E-state index in [1.807, 2.05) is 11.8 Å². The van der Waals surface area contributed by atoms with Crippen molar-refractivity contribution >= 4 is 11.8 Å². The Labute approximate surface area is 127 Å². The summed E-state index contributed by atoms with van der Waals surface area (Å²) in [6, 6.07) is 2.89. The highest BCUT2D eigenvalue weighted by Crippen LogP contribution is 2.24. The highest BCUT2D eigenvalue weighted by Gasteiger charge is 2.17. The molecule has 0 aromatic carbocycles. The number of nitrogens with one attached hydrogen (secondary N) is 1. The minimum atomic E-state index is 0.268. The predicted octanol–water partition coefficient (Wildman–Crippen LogP) is 3.15. The van der Waals surface area contributed by atoms with Gasteiger partial charge in [-0.1, -0.05) is 34.6 Å². The Hall–Kier alpha value is -0.520. The predicted molar refractivity (Wildman–Crippen MR) is 88.9 cm³/mol. The van der Waals surface area contributed by atoms with Crippen molar-refractivity contribution in [3.8, 4) is 0 Å². The summed E-state index contributed by atoms with van der Waals surface area (Å²) in [5, 5.41) is 4.70. The number of hydrogen-bond donors (Lipinski definition) is 2. The highest BCUT2D eigenvalue weighted by atomic mass is 32.2. The summed E-state index contributed by atoms with van der Waals surface area (Å²) < 4.78 is 2.36. The van der Waals surface area contributed by atoms with Gasteiger partial charge in [-0.05, 0) is 18.9 Å². The minimum absolute atomic E-state index is 0.268. The Morgan fingerprint density at radius 3 is 2.50 bits per heavy atom. The molecule has 1 rings (SSSR count). The van der Waals surface area contributed by atoms with E-state index in [9.17, 15) is 0 Å². The lowest BCUT2D eigenvalue weighted by Gasteiger charge is -2.22. The summed E-state index contributed by atoms with van der Waals surface area (Å²) in [6.07, 6.45) is 5.22. The van der Waals surface area contributed by atoms with E-state index in [4.69, 9.17) is 10.9 Å². The molecule has 1 heterocycles. The van der Waals surface area contributed by atoms with E-state index in [2.05, 4.69) is 57.0 Å². The van der Waals surface area contributed by atoms with Crippen molar-refractivity contribution in [1.29, 1.82) is 0 Å². The zero-order valence-corrected chi connectivity index (χ0v) is 14.3. The molecule has 5 heteroatoms. The molecular weight excluding hydrogens is 268 g/mol. The second-order valence-corrected chi connectivity index (χ2v) is 8.10. The van der Waals surface area contributed by atoms with Crippen LogP contribution in [0.4, 0.5) is 0 Å². The van der Waals surface area contributed by atoms with Crippen LogP contribution in [0.15, 0.2) is 12.3 Å². The molecule has 4 nitrogen and oxygen atoms in total. The maximum absolute atomic E-state index is 5.67. The molecule has 1 atom stereocenters. The van der Waals surface area contributed by atoms with Crippen LogP contribution in [0.25, 0.3) is 0 Å². The van der Waals surface area contributed by atoms with E-state index in [1.54, 1.807) is 0 Å². The van der Waals surface area contributed by atoms with E-state index < -0.39 is 0 Å². The van der Waals surface area contributed by atoms with Crippen molar-refractivity contribution in [3.05, 3.63) is 18.0 Å². The van der Waals surface area contributed by atoms with Crippen molar-refractivity contribution in [2.75, 3.05) is 5.75 Å². The zero-order valence-electron chi connectivity index (χ0n) is 13.5. The Morgan fingerprint density at radius 2 is 2.00 bits per heavy atom. The van der Waals surface area contributed by atoms with Crippen molar-refractivity contribution in [3.63, 3.8) is 0 Å². The fraction of sp³-hybridized carbons (Fsp3) is 0.800. The average Bonchev–Trinajstić information content (AvgIpc) is 2.83. The van der Waals surface area contributed by atoms with Crippen molar-refractivity contribution in [2.45, 2.75) is 70.7 Å². The molecule has 1 aromatic heterocycles. The summed E-state index contributed by atoms with van der Waals surface area (Å²) in [6.45, 7) is 11.1. The number of hydrazine groups is 1. The van der Waals surface area contributed by atoms with Crippen LogP contribution < -0.4 is 11.3 Å². The molecule has 0 bridgehead atoms. The van der Waals surface area contributed by atoms with Gasteiger partial charge in [0, 0.05) is 29.2 Å². The van der Waals surface area contributed by atoms with Gasteiger partial charge in [-0.3, -0.25) is 16.0 Å². The van der Waals surface area contributed by atoms with Crippen molar-refractivity contribution in [1.82, 2.24) is 15.2 Å². The fourth-order valence-corrected chi connectivity index (χ4v) is 3.04. The number of nitrogens with zero attached hydrogens (tertiary/aromatic N) is 2. The van der Waals surface area contributed by atoms with Gasteiger partial charge < -0.3 is 0 Å². The summed E-state index contributed by atoms with van der Waals surface area (Å²) in [5.74, 6) is 6.67. The second kappa shape index (κ2) is 8.05. The number of hydrogen-bond acceptors (Lipinski definition) is 4. The molecule has 0 saturated heterocycles. The van der Waals surface area contributed by atoms with E-state index in [0.717, 1.165) is 30.7 Å². The van der Waals surface area contributed by atoms with Gasteiger partial charge >= 0.3 is 0 Å². The van der Waals surface area contributed by atoms with Crippen molar-refractivity contribution < 1.29 is 0 Å². The van der Waals surface area contributed by atoms with Gasteiger partial charge in [0.2, 0.25) is 0 Å². The molecule has 0 aliphatic heterocycles. The smallest absolute Gasteiger partial charge is 0.0641 e. The van der Waals surface area contributed by atoms with E-state index in [0.29, 0.717) is 6.04 Å². The highest BCUT2D eigenvalue weighted by molar-refractivity contribution is 8.00. The largest absolute Gasteiger partial charge is 0.271 e. The molecule has 0 fully saturated rings. The van der Waals surface area contributed by atoms with E-state index in [-0.39, 0.29) is 10.8 Å². The quantitative estimate of drug-likeness (QED) is 0.572. The molecule has 0 saturated carbocycles. The van der Waals surface area contributed by atoms with Gasteiger partial charge in [0.05, 0.1) is 11.7 Å². The SMILES string of the molecule is CCC(CC)n1ccc(CC(CSC(C)(C)C)NN)n1. The van der Waals surface area contributed by atoms with Gasteiger partial charge in [0.1, 0.15) is 0 Å². The third-order valence-corrected chi connectivity index (χ3v) is 4.82. The molecule has 3 N–H and O–H groups in total. The number of nitrogens with two attached hydrogens (primary N) is 1. The third-order valence-electron chi connectivity index (χ3n) is 3.39. The maximum Gasteiger partial charge on any atom is 0.0641 e. The van der Waals surface area contributed by atoms with Crippen LogP contribution in [0.2, 0.25) is 0 Å². The lowest BCUT2D eigenvalue weighted by atomic mass is 10.2. The summed E-state index contributed by atoms with van der Waals surface area (Å²) in [5.41, 5.74) is 4.04. The van der Waals surface area contributed by atoms with Crippen LogP contribution in [0.1, 0.15) is 59.2 Å². The number of thioether (sulfide) groups is 1. The molecule has 0 aliphatic rings. The molecular formula is C15H30N4S. The first kappa shape index (κ1) is 17.5. The second-order valence-electron chi connectivity index (χ2n) is 6.25. The van der Waals surface area contributed by atoms with Gasteiger partial charge in [-0.25, -0.2) is 0 Å². The van der Waals surface area contributed by atoms with Crippen molar-refractivity contribution in [2.24, 2.45) is 5.84 Å². The molecule has 20 heavy (non-hydrogen) atoms. The van der Waals surface area contributed by atoms with E-state index in [1.165, 1.54) is 0 Å². The van der Waals surface area contributed by atoms with E-state index >= 15 is 0 Å². The third kappa shape index (κ3) is 5.85. The average molecular weight is 298 g/mol. The topological polar surface area (TPSA) is 55.9 Å². The van der Waals surface area contributed by atoms with Gasteiger partial charge in [0.15, 0.2) is 0 Å². The van der Waals surface area contributed by atoms with Crippen LogP contribution in [-0.2, 0) is 6.42 Å². The standard InChI is InChI=1S/C15H30N4S/c1-6-14(7-2)19-9-8-12(18-19)10-13(17-16)11-20-15(3,4)5/h8-9,13-14,17H,6-7,10-11,16H2,1-5H3. The fourth-order valence-electron chi connectivity index (χ4n) is 2.12. The Kier molecular flexibility index (Phi) is 7.06. The molecule has 0 amide bonds. The monoisotopic (exact) mass is 298 g/mol. The normalized spacial score (nSPS) is 13.9. The summed E-state index contributed by atoms with van der Waals surface area (Å²) in [4.78, 5) is 0. The first-order chi connectivity index (χ1) is 9.39. The molecule has 116 valence electrons. The Morgan fingerprint density at radius 1 is 1.35 bits per heavy atom. The first-order valence-electron chi connectivity index (χ1n) is 7.53. The van der Waals surface area contributed by atoms with Gasteiger partial charge in [-0.2, -0.15) is 16.9 Å². The minimum Gasteiger partial charge on any atom is -0.271 e. The molecule has 1 aromatic rings. The van der Waals surface area contributed by atoms with Crippen LogP contribution in [0.3, 0.4) is 0 Å². The van der Waals surface area contributed by atoms with Crippen LogP contribution in [-0.4, -0.2) is 26.3 Å². The summed E-state index contributed by atoms with van der Waals surface area (Å²) >= 11 is 1.93. The lowest BCUT2D eigenvalue weighted by molar-refractivity contribution is 0.423.